The van der Waals surface area contributed by atoms with Crippen molar-refractivity contribution in [2.45, 2.75) is 39.0 Å². The third kappa shape index (κ3) is 4.46. The van der Waals surface area contributed by atoms with E-state index in [0.29, 0.717) is 49.7 Å². The van der Waals surface area contributed by atoms with Crippen molar-refractivity contribution >= 4 is 23.5 Å². The lowest BCUT2D eigenvalue weighted by atomic mass is 10.1. The molecule has 1 fully saturated rings. The van der Waals surface area contributed by atoms with Crippen LogP contribution in [0.1, 0.15) is 41.9 Å². The van der Waals surface area contributed by atoms with Crippen molar-refractivity contribution in [2.24, 2.45) is 0 Å². The number of likely N-dealkylation sites (tertiary alicyclic amines) is 1. The van der Waals surface area contributed by atoms with Gasteiger partial charge in [0.15, 0.2) is 0 Å². The summed E-state index contributed by atoms with van der Waals surface area (Å²) in [4.78, 5) is 48.7. The number of nitrogens with one attached hydrogen (secondary N) is 1. The number of hydrogen-bond donors (Lipinski definition) is 1. The van der Waals surface area contributed by atoms with Crippen molar-refractivity contribution in [3.63, 3.8) is 0 Å². The van der Waals surface area contributed by atoms with Gasteiger partial charge in [-0.05, 0) is 31.4 Å². The Labute approximate surface area is 185 Å². The van der Waals surface area contributed by atoms with Gasteiger partial charge in [-0.1, -0.05) is 18.2 Å². The molecule has 1 atom stereocenters. The first-order valence-corrected chi connectivity index (χ1v) is 10.8. The molecule has 0 unspecified atom stereocenters. The quantitative estimate of drug-likeness (QED) is 0.736. The molecule has 1 aromatic carbocycles. The molecule has 0 radical (unpaired) electrons. The summed E-state index contributed by atoms with van der Waals surface area (Å²) in [5, 5.41) is 2.53. The second kappa shape index (κ2) is 9.02. The number of carbonyl (C=O) groups is 3. The largest absolute Gasteiger partial charge is 0.347 e. The van der Waals surface area contributed by atoms with Gasteiger partial charge in [-0.15, -0.1) is 0 Å². The average molecular weight is 439 g/mol. The molecule has 0 aliphatic carbocycles. The molecule has 168 valence electrons. The molecular weight excluding hydrogens is 413 g/mol. The molecule has 2 aliphatic rings. The predicted molar refractivity (Wildman–Crippen MR) is 116 cm³/mol. The van der Waals surface area contributed by atoms with E-state index < -0.39 is 0 Å². The van der Waals surface area contributed by atoms with Crippen LogP contribution in [0.15, 0.2) is 24.3 Å². The van der Waals surface area contributed by atoms with Gasteiger partial charge in [-0.25, -0.2) is 14.4 Å². The maximum Gasteiger partial charge on any atom is 0.241 e. The number of anilines is 1. The summed E-state index contributed by atoms with van der Waals surface area (Å²) < 4.78 is 14.0. The Balaban J connectivity index is 1.49. The minimum absolute atomic E-state index is 0.0234. The smallest absolute Gasteiger partial charge is 0.241 e. The third-order valence-corrected chi connectivity index (χ3v) is 6.05. The van der Waals surface area contributed by atoms with Crippen LogP contribution in [0.3, 0.4) is 0 Å². The molecule has 32 heavy (non-hydrogen) atoms. The molecular formula is C23H26FN5O3. The van der Waals surface area contributed by atoms with Crippen molar-refractivity contribution in [3.05, 3.63) is 52.7 Å². The van der Waals surface area contributed by atoms with Crippen LogP contribution < -0.4 is 10.2 Å². The van der Waals surface area contributed by atoms with Gasteiger partial charge >= 0.3 is 0 Å². The monoisotopic (exact) mass is 439 g/mol. The first kappa shape index (κ1) is 21.9. The predicted octanol–water partition coefficient (Wildman–Crippen LogP) is 1.51. The van der Waals surface area contributed by atoms with Gasteiger partial charge in [0.25, 0.3) is 0 Å². The molecule has 0 saturated carbocycles. The Morgan fingerprint density at radius 2 is 2.03 bits per heavy atom. The van der Waals surface area contributed by atoms with Gasteiger partial charge in [0, 0.05) is 43.7 Å². The third-order valence-electron chi connectivity index (χ3n) is 6.05. The second-order valence-electron chi connectivity index (χ2n) is 8.27. The summed E-state index contributed by atoms with van der Waals surface area (Å²) >= 11 is 0. The Kier molecular flexibility index (Phi) is 6.16. The van der Waals surface area contributed by atoms with Gasteiger partial charge in [-0.2, -0.15) is 0 Å². The van der Waals surface area contributed by atoms with Crippen molar-refractivity contribution in [1.82, 2.24) is 20.2 Å². The van der Waals surface area contributed by atoms with Crippen LogP contribution >= 0.6 is 0 Å². The van der Waals surface area contributed by atoms with Crippen LogP contribution in [-0.2, 0) is 27.2 Å². The number of aryl methyl sites for hydroxylation is 1. The number of rotatable bonds is 6. The van der Waals surface area contributed by atoms with Crippen LogP contribution in [-0.4, -0.2) is 58.8 Å². The lowest BCUT2D eigenvalue weighted by Crippen LogP contribution is -2.38. The molecule has 1 saturated heterocycles. The zero-order valence-electron chi connectivity index (χ0n) is 18.2. The fourth-order valence-corrected chi connectivity index (χ4v) is 4.25. The summed E-state index contributed by atoms with van der Waals surface area (Å²) in [5.74, 6) is 0.440. The standard InChI is InChI=1S/C23H26FN5O3/c1-14-18-11-20(31)29(10-8-16-5-3-4-6-19(16)24)23(18)27-22(26-14)17-7-9-28(13-17)21(32)12-25-15(2)30/h3-6,17H,7-13H2,1-2H3,(H,25,30)/t17-/m0/s1. The van der Waals surface area contributed by atoms with Gasteiger partial charge in [0.2, 0.25) is 17.7 Å². The number of hydrogen-bond acceptors (Lipinski definition) is 5. The molecule has 8 nitrogen and oxygen atoms in total. The number of fused-ring (bicyclic) bond motifs is 1. The van der Waals surface area contributed by atoms with Gasteiger partial charge in [0.1, 0.15) is 17.5 Å². The highest BCUT2D eigenvalue weighted by Crippen LogP contribution is 2.33. The summed E-state index contributed by atoms with van der Waals surface area (Å²) in [6.07, 6.45) is 1.35. The fourth-order valence-electron chi connectivity index (χ4n) is 4.25. The van der Waals surface area contributed by atoms with Crippen molar-refractivity contribution in [2.75, 3.05) is 31.1 Å². The topological polar surface area (TPSA) is 95.5 Å². The Hall–Kier alpha value is -3.36. The zero-order valence-corrected chi connectivity index (χ0v) is 18.2. The molecule has 3 heterocycles. The van der Waals surface area contributed by atoms with Crippen molar-refractivity contribution in [1.29, 1.82) is 0 Å². The molecule has 2 aliphatic heterocycles. The van der Waals surface area contributed by atoms with E-state index in [1.54, 1.807) is 28.0 Å². The first-order chi connectivity index (χ1) is 15.3. The summed E-state index contributed by atoms with van der Waals surface area (Å²) in [6, 6.07) is 6.56. The van der Waals surface area contributed by atoms with E-state index in [-0.39, 0.29) is 42.4 Å². The van der Waals surface area contributed by atoms with E-state index in [0.717, 1.165) is 11.3 Å². The minimum atomic E-state index is -0.283. The normalized spacial score (nSPS) is 17.6. The summed E-state index contributed by atoms with van der Waals surface area (Å²) in [5.41, 5.74) is 2.13. The Bertz CT molecular complexity index is 1070. The van der Waals surface area contributed by atoms with Crippen LogP contribution in [0.4, 0.5) is 10.2 Å². The first-order valence-electron chi connectivity index (χ1n) is 10.8. The fraction of sp³-hybridized carbons (Fsp3) is 0.435. The van der Waals surface area contributed by atoms with E-state index in [9.17, 15) is 18.8 Å². The Morgan fingerprint density at radius 3 is 2.78 bits per heavy atom. The van der Waals surface area contributed by atoms with Crippen molar-refractivity contribution in [3.8, 4) is 0 Å². The molecule has 0 spiro atoms. The van der Waals surface area contributed by atoms with Crippen LogP contribution in [0, 0.1) is 12.7 Å². The SMILES string of the molecule is CC(=O)NCC(=O)N1CC[C@H](c2nc(C)c3c(n2)N(CCc2ccccc2F)C(=O)C3)C1. The van der Waals surface area contributed by atoms with Crippen molar-refractivity contribution < 1.29 is 18.8 Å². The molecule has 1 N–H and O–H groups in total. The number of benzene rings is 1. The number of amides is 3. The number of halogens is 1. The van der Waals surface area contributed by atoms with Gasteiger partial charge in [-0.3, -0.25) is 19.3 Å². The van der Waals surface area contributed by atoms with Gasteiger partial charge in [0.05, 0.1) is 13.0 Å². The number of aromatic nitrogens is 2. The maximum absolute atomic E-state index is 14.0. The lowest BCUT2D eigenvalue weighted by Gasteiger charge is -2.19. The Morgan fingerprint density at radius 1 is 1.25 bits per heavy atom. The van der Waals surface area contributed by atoms with E-state index in [2.05, 4.69) is 10.3 Å². The summed E-state index contributed by atoms with van der Waals surface area (Å²) in [6.45, 7) is 4.60. The van der Waals surface area contributed by atoms with E-state index >= 15 is 0 Å². The highest BCUT2D eigenvalue weighted by Gasteiger charge is 2.34. The zero-order chi connectivity index (χ0) is 22.8. The van der Waals surface area contributed by atoms with E-state index in [1.165, 1.54) is 13.0 Å². The minimum Gasteiger partial charge on any atom is -0.347 e. The highest BCUT2D eigenvalue weighted by molar-refractivity contribution is 6.00. The molecule has 2 aromatic rings. The van der Waals surface area contributed by atoms with E-state index in [4.69, 9.17) is 4.98 Å². The van der Waals surface area contributed by atoms with Crippen LogP contribution in [0.5, 0.6) is 0 Å². The maximum atomic E-state index is 14.0. The molecule has 1 aromatic heterocycles. The lowest BCUT2D eigenvalue weighted by molar-refractivity contribution is -0.131. The summed E-state index contributed by atoms with van der Waals surface area (Å²) in [7, 11) is 0. The van der Waals surface area contributed by atoms with E-state index in [1.807, 2.05) is 6.92 Å². The van der Waals surface area contributed by atoms with Crippen LogP contribution in [0.25, 0.3) is 0 Å². The highest BCUT2D eigenvalue weighted by atomic mass is 19.1. The molecule has 3 amide bonds. The number of carbonyl (C=O) groups excluding carboxylic acids is 3. The van der Waals surface area contributed by atoms with Crippen LogP contribution in [0.2, 0.25) is 0 Å². The van der Waals surface area contributed by atoms with Gasteiger partial charge < -0.3 is 10.2 Å². The molecule has 0 bridgehead atoms. The second-order valence-corrected chi connectivity index (χ2v) is 8.27. The molecule has 9 heteroatoms. The molecule has 4 rings (SSSR count). The average Bonchev–Trinajstić information content (AvgIpc) is 3.37. The number of nitrogens with zero attached hydrogens (tertiary/aromatic N) is 4.